The van der Waals surface area contributed by atoms with E-state index in [-0.39, 0.29) is 37.6 Å². The number of nitrogens with one attached hydrogen (secondary N) is 1. The molecule has 1 N–H and O–H groups in total. The molecular formula is C19H21ClF4N2O. The Morgan fingerprint density at radius 1 is 1.30 bits per heavy atom. The molecule has 0 saturated heterocycles. The van der Waals surface area contributed by atoms with Gasteiger partial charge in [0.1, 0.15) is 0 Å². The second-order valence-corrected chi connectivity index (χ2v) is 7.47. The Balaban J connectivity index is 1.74. The number of aromatic nitrogens is 1. The van der Waals surface area contributed by atoms with Gasteiger partial charge in [-0.3, -0.25) is 4.79 Å². The van der Waals surface area contributed by atoms with Gasteiger partial charge in [0.05, 0.1) is 16.1 Å². The van der Waals surface area contributed by atoms with E-state index in [1.54, 1.807) is 22.8 Å². The average Bonchev–Trinajstić information content (AvgIpc) is 2.99. The number of carbonyl (C=O) groups excluding carboxylic acids is 1. The molecule has 3 nitrogen and oxygen atoms in total. The molecule has 1 aliphatic rings. The van der Waals surface area contributed by atoms with E-state index in [1.165, 1.54) is 6.20 Å². The normalized spacial score (nSPS) is 17.6. The Bertz CT molecular complexity index is 811. The third kappa shape index (κ3) is 4.75. The maximum Gasteiger partial charge on any atom is 0.253 e. The fourth-order valence-corrected chi connectivity index (χ4v) is 3.81. The molecule has 0 spiro atoms. The van der Waals surface area contributed by atoms with Crippen LogP contribution in [0.1, 0.15) is 42.5 Å². The SMILES string of the molecule is O=C(NCC1CCC(F)(F)CC1)c1cn(CCC(F)F)c2cccc(Cl)c12. The zero-order valence-corrected chi connectivity index (χ0v) is 15.4. The van der Waals surface area contributed by atoms with Crippen molar-refractivity contribution in [3.05, 3.63) is 35.0 Å². The van der Waals surface area contributed by atoms with E-state index in [1.807, 2.05) is 0 Å². The lowest BCUT2D eigenvalue weighted by Gasteiger charge is -2.28. The number of rotatable bonds is 6. The van der Waals surface area contributed by atoms with E-state index in [9.17, 15) is 22.4 Å². The van der Waals surface area contributed by atoms with E-state index >= 15 is 0 Å². The summed E-state index contributed by atoms with van der Waals surface area (Å²) in [5.41, 5.74) is 0.927. The van der Waals surface area contributed by atoms with Gasteiger partial charge in [-0.15, -0.1) is 0 Å². The van der Waals surface area contributed by atoms with Gasteiger partial charge in [0.2, 0.25) is 12.3 Å². The first-order chi connectivity index (χ1) is 12.8. The summed E-state index contributed by atoms with van der Waals surface area (Å²) in [5, 5.41) is 3.67. The van der Waals surface area contributed by atoms with Crippen LogP contribution in [-0.4, -0.2) is 29.4 Å². The lowest BCUT2D eigenvalue weighted by Crippen LogP contribution is -2.33. The van der Waals surface area contributed by atoms with Crippen molar-refractivity contribution < 1.29 is 22.4 Å². The van der Waals surface area contributed by atoms with E-state index in [0.717, 1.165) is 0 Å². The van der Waals surface area contributed by atoms with Crippen LogP contribution in [0.15, 0.2) is 24.4 Å². The van der Waals surface area contributed by atoms with Crippen molar-refractivity contribution in [2.75, 3.05) is 6.54 Å². The third-order valence-electron chi connectivity index (χ3n) is 5.08. The van der Waals surface area contributed by atoms with Gasteiger partial charge in [-0.05, 0) is 30.9 Å². The number of aryl methyl sites for hydroxylation is 1. The fourth-order valence-electron chi connectivity index (χ4n) is 3.54. The molecule has 1 fully saturated rings. The first kappa shape index (κ1) is 20.0. The minimum absolute atomic E-state index is 0.0104. The molecule has 8 heteroatoms. The molecule has 0 radical (unpaired) electrons. The zero-order valence-electron chi connectivity index (χ0n) is 14.7. The van der Waals surface area contributed by atoms with Crippen molar-refractivity contribution in [1.82, 2.24) is 9.88 Å². The number of carbonyl (C=O) groups is 1. The molecular weight excluding hydrogens is 384 g/mol. The highest BCUT2D eigenvalue weighted by atomic mass is 35.5. The molecule has 0 bridgehead atoms. The lowest BCUT2D eigenvalue weighted by atomic mass is 9.87. The van der Waals surface area contributed by atoms with Gasteiger partial charge >= 0.3 is 0 Å². The Labute approximate surface area is 159 Å². The molecule has 3 rings (SSSR count). The third-order valence-corrected chi connectivity index (χ3v) is 5.39. The van der Waals surface area contributed by atoms with E-state index in [2.05, 4.69) is 5.32 Å². The first-order valence-electron chi connectivity index (χ1n) is 8.98. The highest BCUT2D eigenvalue weighted by molar-refractivity contribution is 6.36. The predicted octanol–water partition coefficient (Wildman–Crippen LogP) is 5.51. The topological polar surface area (TPSA) is 34.0 Å². The van der Waals surface area contributed by atoms with Gasteiger partial charge in [0, 0.05) is 43.9 Å². The number of hydrogen-bond acceptors (Lipinski definition) is 1. The minimum atomic E-state index is -2.61. The highest BCUT2D eigenvalue weighted by Crippen LogP contribution is 2.36. The van der Waals surface area contributed by atoms with Crippen molar-refractivity contribution in [2.24, 2.45) is 5.92 Å². The van der Waals surface area contributed by atoms with E-state index in [0.29, 0.717) is 40.9 Å². The van der Waals surface area contributed by atoms with E-state index < -0.39 is 12.3 Å². The number of hydrogen-bond donors (Lipinski definition) is 1. The molecule has 0 atom stereocenters. The lowest BCUT2D eigenvalue weighted by molar-refractivity contribution is -0.0452. The van der Waals surface area contributed by atoms with Crippen molar-refractivity contribution in [1.29, 1.82) is 0 Å². The summed E-state index contributed by atoms with van der Waals surface area (Å²) >= 11 is 6.24. The van der Waals surface area contributed by atoms with Crippen LogP contribution in [0.3, 0.4) is 0 Å². The highest BCUT2D eigenvalue weighted by Gasteiger charge is 2.34. The van der Waals surface area contributed by atoms with Gasteiger partial charge < -0.3 is 9.88 Å². The molecule has 0 unspecified atom stereocenters. The van der Waals surface area contributed by atoms with Crippen molar-refractivity contribution in [3.8, 4) is 0 Å². The number of halogens is 5. The molecule has 1 aliphatic carbocycles. The largest absolute Gasteiger partial charge is 0.352 e. The van der Waals surface area contributed by atoms with Gasteiger partial charge in [-0.25, -0.2) is 17.6 Å². The Hall–Kier alpha value is -1.76. The maximum atomic E-state index is 13.2. The van der Waals surface area contributed by atoms with Gasteiger partial charge in [-0.1, -0.05) is 17.7 Å². The Kier molecular flexibility index (Phi) is 5.99. The van der Waals surface area contributed by atoms with Crippen LogP contribution >= 0.6 is 11.6 Å². The molecule has 1 saturated carbocycles. The van der Waals surface area contributed by atoms with Gasteiger partial charge in [-0.2, -0.15) is 0 Å². The summed E-state index contributed by atoms with van der Waals surface area (Å²) in [6.45, 7) is 0.378. The summed E-state index contributed by atoms with van der Waals surface area (Å²) in [6, 6.07) is 5.07. The number of alkyl halides is 4. The van der Waals surface area contributed by atoms with Crippen molar-refractivity contribution >= 4 is 28.4 Å². The molecule has 27 heavy (non-hydrogen) atoms. The Morgan fingerprint density at radius 2 is 2.00 bits per heavy atom. The van der Waals surface area contributed by atoms with Crippen molar-refractivity contribution in [3.63, 3.8) is 0 Å². The molecule has 1 aromatic carbocycles. The average molecular weight is 405 g/mol. The maximum absolute atomic E-state index is 13.2. The van der Waals surface area contributed by atoms with Crippen LogP contribution in [0.4, 0.5) is 17.6 Å². The quantitative estimate of drug-likeness (QED) is 0.633. The standard InChI is InChI=1S/C19H21ClF4N2O/c20-14-2-1-3-15-17(14)13(11-26(15)9-6-16(21)22)18(27)25-10-12-4-7-19(23,24)8-5-12/h1-3,11-12,16H,4-10H2,(H,25,27). The monoisotopic (exact) mass is 404 g/mol. The number of fused-ring (bicyclic) bond motifs is 1. The summed E-state index contributed by atoms with van der Waals surface area (Å²) < 4.78 is 53.2. The second-order valence-electron chi connectivity index (χ2n) is 7.06. The minimum Gasteiger partial charge on any atom is -0.352 e. The van der Waals surface area contributed by atoms with Crippen LogP contribution < -0.4 is 5.32 Å². The molecule has 1 amide bonds. The number of nitrogens with zero attached hydrogens (tertiary/aromatic N) is 1. The van der Waals surface area contributed by atoms with E-state index in [4.69, 9.17) is 11.6 Å². The molecule has 0 aliphatic heterocycles. The second kappa shape index (κ2) is 8.09. The fraction of sp³-hybridized carbons (Fsp3) is 0.526. The van der Waals surface area contributed by atoms with Gasteiger partial charge in [0.25, 0.3) is 5.91 Å². The van der Waals surface area contributed by atoms with Crippen LogP contribution in [-0.2, 0) is 6.54 Å². The molecule has 2 aromatic rings. The van der Waals surface area contributed by atoms with Crippen LogP contribution in [0.5, 0.6) is 0 Å². The molecule has 1 heterocycles. The zero-order chi connectivity index (χ0) is 19.6. The van der Waals surface area contributed by atoms with Crippen LogP contribution in [0.2, 0.25) is 5.02 Å². The predicted molar refractivity (Wildman–Crippen MR) is 96.8 cm³/mol. The summed E-state index contributed by atoms with van der Waals surface area (Å²) in [5.74, 6) is -2.97. The van der Waals surface area contributed by atoms with Gasteiger partial charge in [0.15, 0.2) is 0 Å². The summed E-state index contributed by atoms with van der Waals surface area (Å²) in [7, 11) is 0. The summed E-state index contributed by atoms with van der Waals surface area (Å²) in [6.07, 6.45) is -0.826. The molecule has 1 aromatic heterocycles. The Morgan fingerprint density at radius 3 is 2.67 bits per heavy atom. The first-order valence-corrected chi connectivity index (χ1v) is 9.36. The van der Waals surface area contributed by atoms with Crippen molar-refractivity contribution in [2.45, 2.75) is 51.0 Å². The van der Waals surface area contributed by atoms with Crippen LogP contribution in [0.25, 0.3) is 10.9 Å². The number of amides is 1. The molecule has 148 valence electrons. The summed E-state index contributed by atoms with van der Waals surface area (Å²) in [4.78, 5) is 12.7. The van der Waals surface area contributed by atoms with Crippen LogP contribution in [0, 0.1) is 5.92 Å². The number of benzene rings is 1. The smallest absolute Gasteiger partial charge is 0.253 e.